The molecule has 0 atom stereocenters. The molecular formula is C11H21N5O. The molecule has 0 saturated heterocycles. The minimum Gasteiger partial charge on any atom is -0.409 e. The molecule has 0 aliphatic carbocycles. The van der Waals surface area contributed by atoms with Crippen LogP contribution in [0.1, 0.15) is 25.2 Å². The number of rotatable bonds is 5. The van der Waals surface area contributed by atoms with Crippen LogP contribution in [0, 0.1) is 6.92 Å². The Labute approximate surface area is 102 Å². The van der Waals surface area contributed by atoms with E-state index in [1.807, 2.05) is 24.7 Å². The Balaban J connectivity index is 2.77. The Morgan fingerprint density at radius 1 is 1.65 bits per heavy atom. The van der Waals surface area contributed by atoms with Crippen LogP contribution in [0.2, 0.25) is 0 Å². The van der Waals surface area contributed by atoms with Crippen molar-refractivity contribution in [1.29, 1.82) is 0 Å². The molecule has 1 rings (SSSR count). The van der Waals surface area contributed by atoms with E-state index >= 15 is 0 Å². The van der Waals surface area contributed by atoms with E-state index in [1.54, 1.807) is 0 Å². The lowest BCUT2D eigenvalue weighted by Gasteiger charge is -2.25. The third-order valence-corrected chi connectivity index (χ3v) is 2.69. The molecule has 0 aliphatic rings. The van der Waals surface area contributed by atoms with Gasteiger partial charge in [0, 0.05) is 19.6 Å². The number of aromatic nitrogens is 2. The lowest BCUT2D eigenvalue weighted by atomic mass is 10.2. The Bertz CT molecular complexity index is 397. The Hall–Kier alpha value is -1.56. The highest BCUT2D eigenvalue weighted by Gasteiger charge is 2.14. The van der Waals surface area contributed by atoms with Gasteiger partial charge in [0.15, 0.2) is 5.84 Å². The molecule has 0 unspecified atom stereocenters. The topological polar surface area (TPSA) is 79.7 Å². The van der Waals surface area contributed by atoms with E-state index in [2.05, 4.69) is 29.0 Å². The van der Waals surface area contributed by atoms with Crippen LogP contribution >= 0.6 is 0 Å². The number of nitrogens with zero attached hydrogens (tertiary/aromatic N) is 4. The summed E-state index contributed by atoms with van der Waals surface area (Å²) in [5.41, 5.74) is 7.65. The predicted octanol–water partition coefficient (Wildman–Crippen LogP) is 0.685. The molecule has 6 heteroatoms. The van der Waals surface area contributed by atoms with Gasteiger partial charge in [0.2, 0.25) is 0 Å². The van der Waals surface area contributed by atoms with E-state index in [1.165, 1.54) is 0 Å². The zero-order valence-corrected chi connectivity index (χ0v) is 10.9. The maximum atomic E-state index is 8.61. The minimum absolute atomic E-state index is 0.220. The van der Waals surface area contributed by atoms with Gasteiger partial charge in [-0.15, -0.1) is 0 Å². The van der Waals surface area contributed by atoms with Crippen LogP contribution in [0.25, 0.3) is 0 Å². The van der Waals surface area contributed by atoms with Gasteiger partial charge in [-0.3, -0.25) is 9.58 Å². The van der Waals surface area contributed by atoms with Crippen molar-refractivity contribution in [3.05, 3.63) is 17.5 Å². The molecule has 0 amide bonds. The highest BCUT2D eigenvalue weighted by atomic mass is 16.4. The normalized spacial score (nSPS) is 12.7. The number of aryl methyl sites for hydroxylation is 2. The highest BCUT2D eigenvalue weighted by Crippen LogP contribution is 2.09. The molecule has 1 heterocycles. The number of hydrogen-bond donors (Lipinski definition) is 2. The maximum Gasteiger partial charge on any atom is 0.153 e. The molecule has 0 aromatic carbocycles. The van der Waals surface area contributed by atoms with Crippen LogP contribution in [0.15, 0.2) is 11.2 Å². The van der Waals surface area contributed by atoms with Gasteiger partial charge in [0.05, 0.1) is 17.9 Å². The Morgan fingerprint density at radius 3 is 2.71 bits per heavy atom. The first-order valence-electron chi connectivity index (χ1n) is 5.64. The predicted molar refractivity (Wildman–Crippen MR) is 66.9 cm³/mol. The van der Waals surface area contributed by atoms with Crippen molar-refractivity contribution in [2.45, 2.75) is 33.4 Å². The molecule has 6 nitrogen and oxygen atoms in total. The molecule has 0 bridgehead atoms. The van der Waals surface area contributed by atoms with Gasteiger partial charge >= 0.3 is 0 Å². The van der Waals surface area contributed by atoms with E-state index in [9.17, 15) is 0 Å². The zero-order valence-electron chi connectivity index (χ0n) is 10.9. The van der Waals surface area contributed by atoms with Gasteiger partial charge < -0.3 is 10.9 Å². The Morgan fingerprint density at radius 2 is 2.29 bits per heavy atom. The van der Waals surface area contributed by atoms with Crippen molar-refractivity contribution in [3.63, 3.8) is 0 Å². The monoisotopic (exact) mass is 239 g/mol. The van der Waals surface area contributed by atoms with Gasteiger partial charge in [0.25, 0.3) is 0 Å². The lowest BCUT2D eigenvalue weighted by molar-refractivity contribution is 0.233. The molecule has 0 aliphatic heterocycles. The second kappa shape index (κ2) is 5.67. The fraction of sp³-hybridized carbons (Fsp3) is 0.636. The SMILES string of the molecule is Cc1cc(CN(CC(N)=NO)C(C)C)n(C)n1. The summed E-state index contributed by atoms with van der Waals surface area (Å²) in [6.07, 6.45) is 0. The van der Waals surface area contributed by atoms with Gasteiger partial charge in [-0.05, 0) is 26.8 Å². The molecule has 96 valence electrons. The van der Waals surface area contributed by atoms with E-state index in [4.69, 9.17) is 10.9 Å². The fourth-order valence-electron chi connectivity index (χ4n) is 1.68. The standard InChI is InChI=1S/C11H21N5O/c1-8(2)16(7-11(12)14-17)6-10-5-9(3)13-15(10)4/h5,8,17H,6-7H2,1-4H3,(H2,12,14). The third kappa shape index (κ3) is 3.74. The Kier molecular flexibility index (Phi) is 4.51. The summed E-state index contributed by atoms with van der Waals surface area (Å²) in [7, 11) is 1.92. The van der Waals surface area contributed by atoms with Crippen molar-refractivity contribution in [2.24, 2.45) is 17.9 Å². The van der Waals surface area contributed by atoms with Crippen molar-refractivity contribution >= 4 is 5.84 Å². The van der Waals surface area contributed by atoms with E-state index in [-0.39, 0.29) is 5.84 Å². The van der Waals surface area contributed by atoms with Gasteiger partial charge in [-0.2, -0.15) is 5.10 Å². The minimum atomic E-state index is 0.220. The number of oxime groups is 1. The average Bonchev–Trinajstić information content (AvgIpc) is 2.56. The van der Waals surface area contributed by atoms with Crippen molar-refractivity contribution in [3.8, 4) is 0 Å². The van der Waals surface area contributed by atoms with Crippen molar-refractivity contribution in [2.75, 3.05) is 6.54 Å². The van der Waals surface area contributed by atoms with Gasteiger partial charge in [-0.1, -0.05) is 5.16 Å². The van der Waals surface area contributed by atoms with E-state index < -0.39 is 0 Å². The quantitative estimate of drug-likeness (QED) is 0.343. The van der Waals surface area contributed by atoms with E-state index in [0.29, 0.717) is 12.6 Å². The molecule has 3 N–H and O–H groups in total. The first-order valence-corrected chi connectivity index (χ1v) is 5.64. The summed E-state index contributed by atoms with van der Waals surface area (Å²) < 4.78 is 1.86. The summed E-state index contributed by atoms with van der Waals surface area (Å²) in [5.74, 6) is 0.220. The zero-order chi connectivity index (χ0) is 13.0. The average molecular weight is 239 g/mol. The maximum absolute atomic E-state index is 8.61. The van der Waals surface area contributed by atoms with E-state index in [0.717, 1.165) is 17.9 Å². The molecular weight excluding hydrogens is 218 g/mol. The molecule has 0 radical (unpaired) electrons. The number of amidine groups is 1. The fourth-order valence-corrected chi connectivity index (χ4v) is 1.68. The largest absolute Gasteiger partial charge is 0.409 e. The summed E-state index contributed by atoms with van der Waals surface area (Å²) in [4.78, 5) is 2.12. The van der Waals surface area contributed by atoms with Crippen LogP contribution in [0.4, 0.5) is 0 Å². The van der Waals surface area contributed by atoms with Gasteiger partial charge in [0.1, 0.15) is 0 Å². The van der Waals surface area contributed by atoms with Crippen molar-refractivity contribution < 1.29 is 5.21 Å². The van der Waals surface area contributed by atoms with Crippen molar-refractivity contribution in [1.82, 2.24) is 14.7 Å². The molecule has 0 spiro atoms. The number of nitrogens with two attached hydrogens (primary N) is 1. The summed E-state index contributed by atoms with van der Waals surface area (Å²) in [5, 5.41) is 15.9. The molecule has 17 heavy (non-hydrogen) atoms. The smallest absolute Gasteiger partial charge is 0.153 e. The number of hydrogen-bond acceptors (Lipinski definition) is 4. The molecule has 1 aromatic heterocycles. The summed E-state index contributed by atoms with van der Waals surface area (Å²) in [6, 6.07) is 2.35. The molecule has 0 fully saturated rings. The molecule has 0 saturated carbocycles. The lowest BCUT2D eigenvalue weighted by Crippen LogP contribution is -2.38. The van der Waals surface area contributed by atoms with Crippen LogP contribution in [-0.4, -0.2) is 38.3 Å². The third-order valence-electron chi connectivity index (χ3n) is 2.69. The second-order valence-corrected chi connectivity index (χ2v) is 4.49. The van der Waals surface area contributed by atoms with Gasteiger partial charge in [-0.25, -0.2) is 0 Å². The highest BCUT2D eigenvalue weighted by molar-refractivity contribution is 5.81. The summed E-state index contributed by atoms with van der Waals surface area (Å²) in [6.45, 7) is 7.29. The van der Waals surface area contributed by atoms with Crippen LogP contribution < -0.4 is 5.73 Å². The van der Waals surface area contributed by atoms with Crippen LogP contribution in [0.5, 0.6) is 0 Å². The first kappa shape index (κ1) is 13.5. The summed E-state index contributed by atoms with van der Waals surface area (Å²) >= 11 is 0. The first-order chi connectivity index (χ1) is 7.93. The van der Waals surface area contributed by atoms with Crippen LogP contribution in [-0.2, 0) is 13.6 Å². The second-order valence-electron chi connectivity index (χ2n) is 4.49. The van der Waals surface area contributed by atoms with Crippen LogP contribution in [0.3, 0.4) is 0 Å². The molecule has 1 aromatic rings.